The molecule has 0 aliphatic heterocycles. The standard InChI is InChI=1S/C15H31N/c1-4-6-9-14(5-2)12-16-15-10-7-8-13(3)11-15/h13-16H,4-12H2,1-3H3. The van der Waals surface area contributed by atoms with Crippen molar-refractivity contribution in [3.05, 3.63) is 0 Å². The molecule has 3 unspecified atom stereocenters. The third-order valence-electron chi connectivity index (χ3n) is 4.17. The molecule has 1 rings (SSSR count). The van der Waals surface area contributed by atoms with Gasteiger partial charge in [0.05, 0.1) is 0 Å². The smallest absolute Gasteiger partial charge is 0.00697 e. The van der Waals surface area contributed by atoms with Crippen molar-refractivity contribution < 1.29 is 0 Å². The van der Waals surface area contributed by atoms with Gasteiger partial charge in [0.25, 0.3) is 0 Å². The quantitative estimate of drug-likeness (QED) is 0.678. The van der Waals surface area contributed by atoms with Gasteiger partial charge in [-0.15, -0.1) is 0 Å². The van der Waals surface area contributed by atoms with Crippen molar-refractivity contribution in [3.63, 3.8) is 0 Å². The van der Waals surface area contributed by atoms with E-state index in [2.05, 4.69) is 26.1 Å². The molecule has 0 aromatic heterocycles. The molecule has 96 valence electrons. The molecule has 1 nitrogen and oxygen atoms in total. The van der Waals surface area contributed by atoms with Gasteiger partial charge in [0, 0.05) is 6.04 Å². The zero-order chi connectivity index (χ0) is 11.8. The fourth-order valence-electron chi connectivity index (χ4n) is 2.90. The number of nitrogens with one attached hydrogen (secondary N) is 1. The Labute approximate surface area is 102 Å². The minimum absolute atomic E-state index is 0.819. The molecular weight excluding hydrogens is 194 g/mol. The molecule has 0 aromatic carbocycles. The molecule has 0 saturated heterocycles. The van der Waals surface area contributed by atoms with E-state index in [4.69, 9.17) is 0 Å². The van der Waals surface area contributed by atoms with Crippen LogP contribution in [0, 0.1) is 11.8 Å². The van der Waals surface area contributed by atoms with Crippen LogP contribution in [0.15, 0.2) is 0 Å². The van der Waals surface area contributed by atoms with Gasteiger partial charge >= 0.3 is 0 Å². The fourth-order valence-corrected chi connectivity index (χ4v) is 2.90. The molecule has 0 radical (unpaired) electrons. The first-order valence-electron chi connectivity index (χ1n) is 7.49. The molecule has 0 amide bonds. The topological polar surface area (TPSA) is 12.0 Å². The molecule has 0 aromatic rings. The highest BCUT2D eigenvalue weighted by Crippen LogP contribution is 2.24. The zero-order valence-corrected chi connectivity index (χ0v) is 11.6. The third-order valence-corrected chi connectivity index (χ3v) is 4.17. The second-order valence-corrected chi connectivity index (χ2v) is 5.79. The van der Waals surface area contributed by atoms with Crippen molar-refractivity contribution in [2.45, 2.75) is 78.2 Å². The lowest BCUT2D eigenvalue weighted by Crippen LogP contribution is -2.36. The average Bonchev–Trinajstić information content (AvgIpc) is 2.29. The van der Waals surface area contributed by atoms with Crippen LogP contribution in [0.2, 0.25) is 0 Å². The van der Waals surface area contributed by atoms with E-state index in [1.54, 1.807) is 0 Å². The van der Waals surface area contributed by atoms with E-state index in [1.165, 1.54) is 57.9 Å². The summed E-state index contributed by atoms with van der Waals surface area (Å²) >= 11 is 0. The van der Waals surface area contributed by atoms with E-state index >= 15 is 0 Å². The molecule has 0 spiro atoms. The normalized spacial score (nSPS) is 27.9. The average molecular weight is 225 g/mol. The van der Waals surface area contributed by atoms with Crippen LogP contribution in [0.1, 0.15) is 72.1 Å². The maximum absolute atomic E-state index is 3.81. The van der Waals surface area contributed by atoms with Crippen molar-refractivity contribution >= 4 is 0 Å². The van der Waals surface area contributed by atoms with Gasteiger partial charge in [0.2, 0.25) is 0 Å². The van der Waals surface area contributed by atoms with Gasteiger partial charge < -0.3 is 5.32 Å². The largest absolute Gasteiger partial charge is 0.314 e. The van der Waals surface area contributed by atoms with Gasteiger partial charge in [-0.2, -0.15) is 0 Å². The Hall–Kier alpha value is -0.0400. The van der Waals surface area contributed by atoms with E-state index in [0.29, 0.717) is 0 Å². The number of unbranched alkanes of at least 4 members (excludes halogenated alkanes) is 1. The summed E-state index contributed by atoms with van der Waals surface area (Å²) in [5.74, 6) is 1.86. The van der Waals surface area contributed by atoms with Crippen LogP contribution in [0.5, 0.6) is 0 Å². The van der Waals surface area contributed by atoms with Crippen LogP contribution >= 0.6 is 0 Å². The number of hydrogen-bond donors (Lipinski definition) is 1. The zero-order valence-electron chi connectivity index (χ0n) is 11.6. The first-order chi connectivity index (χ1) is 7.76. The Morgan fingerprint density at radius 1 is 1.25 bits per heavy atom. The molecular formula is C15H31N. The number of rotatable bonds is 7. The molecule has 1 aliphatic rings. The lowest BCUT2D eigenvalue weighted by molar-refractivity contribution is 0.282. The molecule has 0 bridgehead atoms. The molecule has 1 fully saturated rings. The van der Waals surface area contributed by atoms with E-state index < -0.39 is 0 Å². The van der Waals surface area contributed by atoms with Crippen LogP contribution in [0.25, 0.3) is 0 Å². The summed E-state index contributed by atoms with van der Waals surface area (Å²) < 4.78 is 0. The minimum atomic E-state index is 0.819. The summed E-state index contributed by atoms with van der Waals surface area (Å²) in [6.45, 7) is 8.30. The predicted octanol–water partition coefficient (Wildman–Crippen LogP) is 4.37. The van der Waals surface area contributed by atoms with Crippen LogP contribution in [0.4, 0.5) is 0 Å². The third kappa shape index (κ3) is 5.34. The van der Waals surface area contributed by atoms with Crippen molar-refractivity contribution in [1.29, 1.82) is 0 Å². The summed E-state index contributed by atoms with van der Waals surface area (Å²) in [5.41, 5.74) is 0. The van der Waals surface area contributed by atoms with Crippen molar-refractivity contribution in [2.75, 3.05) is 6.54 Å². The summed E-state index contributed by atoms with van der Waals surface area (Å²) in [6, 6.07) is 0.819. The van der Waals surface area contributed by atoms with E-state index in [1.807, 2.05) is 0 Å². The van der Waals surface area contributed by atoms with Gasteiger partial charge in [-0.1, -0.05) is 52.9 Å². The van der Waals surface area contributed by atoms with Crippen molar-refractivity contribution in [2.24, 2.45) is 11.8 Å². The highest BCUT2D eigenvalue weighted by atomic mass is 14.9. The Kier molecular flexibility index (Phi) is 7.11. The Balaban J connectivity index is 2.15. The lowest BCUT2D eigenvalue weighted by Gasteiger charge is -2.29. The highest BCUT2D eigenvalue weighted by molar-refractivity contribution is 4.76. The number of hydrogen-bond acceptors (Lipinski definition) is 1. The molecule has 16 heavy (non-hydrogen) atoms. The van der Waals surface area contributed by atoms with Crippen LogP contribution in [0.3, 0.4) is 0 Å². The van der Waals surface area contributed by atoms with E-state index in [-0.39, 0.29) is 0 Å². The SMILES string of the molecule is CCCCC(CC)CNC1CCCC(C)C1. The summed E-state index contributed by atoms with van der Waals surface area (Å²) in [7, 11) is 0. The van der Waals surface area contributed by atoms with Crippen molar-refractivity contribution in [1.82, 2.24) is 5.32 Å². The summed E-state index contributed by atoms with van der Waals surface area (Å²) in [4.78, 5) is 0. The van der Waals surface area contributed by atoms with Gasteiger partial charge in [0.15, 0.2) is 0 Å². The molecule has 1 saturated carbocycles. The maximum Gasteiger partial charge on any atom is 0.00697 e. The summed E-state index contributed by atoms with van der Waals surface area (Å²) in [6.07, 6.45) is 11.2. The first kappa shape index (κ1) is 14.0. The highest BCUT2D eigenvalue weighted by Gasteiger charge is 2.18. The maximum atomic E-state index is 3.81. The van der Waals surface area contributed by atoms with Crippen LogP contribution in [-0.4, -0.2) is 12.6 Å². The van der Waals surface area contributed by atoms with Gasteiger partial charge in [-0.3, -0.25) is 0 Å². The molecule has 0 heterocycles. The molecule has 3 atom stereocenters. The molecule has 1 aliphatic carbocycles. The van der Waals surface area contributed by atoms with Crippen LogP contribution in [-0.2, 0) is 0 Å². The second-order valence-electron chi connectivity index (χ2n) is 5.79. The first-order valence-corrected chi connectivity index (χ1v) is 7.49. The van der Waals surface area contributed by atoms with Gasteiger partial charge in [0.1, 0.15) is 0 Å². The van der Waals surface area contributed by atoms with Crippen molar-refractivity contribution in [3.8, 4) is 0 Å². The molecule has 1 heteroatoms. The fraction of sp³-hybridized carbons (Fsp3) is 1.00. The lowest BCUT2D eigenvalue weighted by atomic mass is 9.86. The minimum Gasteiger partial charge on any atom is -0.314 e. The summed E-state index contributed by atoms with van der Waals surface area (Å²) in [5, 5.41) is 3.81. The Morgan fingerprint density at radius 2 is 2.06 bits per heavy atom. The second kappa shape index (κ2) is 8.11. The van der Waals surface area contributed by atoms with E-state index in [9.17, 15) is 0 Å². The van der Waals surface area contributed by atoms with Gasteiger partial charge in [-0.05, 0) is 37.6 Å². The Bertz CT molecular complexity index is 167. The Morgan fingerprint density at radius 3 is 2.69 bits per heavy atom. The predicted molar refractivity (Wildman–Crippen MR) is 72.7 cm³/mol. The van der Waals surface area contributed by atoms with E-state index in [0.717, 1.165) is 17.9 Å². The van der Waals surface area contributed by atoms with Crippen LogP contribution < -0.4 is 5.32 Å². The van der Waals surface area contributed by atoms with Gasteiger partial charge in [-0.25, -0.2) is 0 Å². The monoisotopic (exact) mass is 225 g/mol. The molecule has 1 N–H and O–H groups in total.